The highest BCUT2D eigenvalue weighted by Gasteiger charge is 2.14. The summed E-state index contributed by atoms with van der Waals surface area (Å²) in [5.74, 6) is -0.257. The molecule has 1 amide bonds. The summed E-state index contributed by atoms with van der Waals surface area (Å²) in [6.45, 7) is 2.90. The fourth-order valence-corrected chi connectivity index (χ4v) is 1.65. The normalized spacial score (nSPS) is 12.1. The number of nitrogens with one attached hydrogen (secondary N) is 1. The zero-order chi connectivity index (χ0) is 13.7. The van der Waals surface area contributed by atoms with Crippen molar-refractivity contribution < 1.29 is 4.79 Å². The van der Waals surface area contributed by atoms with Crippen LogP contribution in [0.3, 0.4) is 0 Å². The first-order valence-electron chi connectivity index (χ1n) is 6.01. The summed E-state index contributed by atoms with van der Waals surface area (Å²) < 4.78 is 1.55. The molecule has 3 N–H and O–H groups in total. The van der Waals surface area contributed by atoms with Gasteiger partial charge in [0.15, 0.2) is 5.69 Å². The van der Waals surface area contributed by atoms with Crippen molar-refractivity contribution in [2.75, 3.05) is 6.54 Å². The highest BCUT2D eigenvalue weighted by atomic mass is 16.2. The van der Waals surface area contributed by atoms with Crippen molar-refractivity contribution in [3.05, 3.63) is 42.0 Å². The number of nitrogens with zero attached hydrogens (tertiary/aromatic N) is 4. The first-order chi connectivity index (χ1) is 9.20. The highest BCUT2D eigenvalue weighted by Crippen LogP contribution is 2.10. The van der Waals surface area contributed by atoms with Crippen molar-refractivity contribution in [1.29, 1.82) is 0 Å². The standard InChI is InChI=1S/C12H16N6O/c1-9(10-2-5-14-6-3-10)15-12(19)11-8-18(7-4-13)17-16-11/h2-3,5-6,8-9H,4,7,13H2,1H3,(H,15,19)/t9-/m0/s1. The average Bonchev–Trinajstić information content (AvgIpc) is 2.89. The van der Waals surface area contributed by atoms with E-state index in [0.717, 1.165) is 5.56 Å². The molecule has 100 valence electrons. The van der Waals surface area contributed by atoms with Crippen molar-refractivity contribution in [2.24, 2.45) is 5.73 Å². The van der Waals surface area contributed by atoms with Gasteiger partial charge in [-0.15, -0.1) is 5.10 Å². The lowest BCUT2D eigenvalue weighted by Gasteiger charge is -2.12. The van der Waals surface area contributed by atoms with Gasteiger partial charge in [0.1, 0.15) is 0 Å². The lowest BCUT2D eigenvalue weighted by atomic mass is 10.1. The Balaban J connectivity index is 2.00. The van der Waals surface area contributed by atoms with Crippen molar-refractivity contribution >= 4 is 5.91 Å². The van der Waals surface area contributed by atoms with E-state index in [9.17, 15) is 4.79 Å². The highest BCUT2D eigenvalue weighted by molar-refractivity contribution is 5.92. The topological polar surface area (TPSA) is 98.7 Å². The fraction of sp³-hybridized carbons (Fsp3) is 0.333. The second-order valence-electron chi connectivity index (χ2n) is 4.13. The Hall–Kier alpha value is -2.28. The molecule has 0 aromatic carbocycles. The van der Waals surface area contributed by atoms with Gasteiger partial charge in [-0.25, -0.2) is 0 Å². The molecule has 0 aliphatic heterocycles. The number of hydrogen-bond acceptors (Lipinski definition) is 5. The first-order valence-corrected chi connectivity index (χ1v) is 6.01. The predicted molar refractivity (Wildman–Crippen MR) is 69.2 cm³/mol. The quantitative estimate of drug-likeness (QED) is 0.795. The monoisotopic (exact) mass is 260 g/mol. The minimum Gasteiger partial charge on any atom is -0.344 e. The second kappa shape index (κ2) is 6.05. The Morgan fingerprint density at radius 2 is 2.21 bits per heavy atom. The number of nitrogens with two attached hydrogens (primary N) is 1. The van der Waals surface area contributed by atoms with Crippen LogP contribution in [0.2, 0.25) is 0 Å². The van der Waals surface area contributed by atoms with Gasteiger partial charge in [0, 0.05) is 18.9 Å². The lowest BCUT2D eigenvalue weighted by Crippen LogP contribution is -2.27. The van der Waals surface area contributed by atoms with E-state index in [1.165, 1.54) is 0 Å². The number of aromatic nitrogens is 4. The Bertz CT molecular complexity index is 538. The van der Waals surface area contributed by atoms with Gasteiger partial charge in [-0.2, -0.15) is 0 Å². The zero-order valence-electron chi connectivity index (χ0n) is 10.7. The molecule has 0 aliphatic rings. The molecular formula is C12H16N6O. The molecule has 2 heterocycles. The minimum absolute atomic E-state index is 0.116. The molecule has 2 rings (SSSR count). The molecule has 7 heteroatoms. The van der Waals surface area contributed by atoms with E-state index in [1.807, 2.05) is 19.1 Å². The number of pyridine rings is 1. The molecule has 2 aromatic rings. The molecule has 2 aromatic heterocycles. The van der Waals surface area contributed by atoms with Gasteiger partial charge >= 0.3 is 0 Å². The van der Waals surface area contributed by atoms with Gasteiger partial charge in [-0.1, -0.05) is 5.21 Å². The second-order valence-corrected chi connectivity index (χ2v) is 4.13. The van der Waals surface area contributed by atoms with Crippen LogP contribution in [0.5, 0.6) is 0 Å². The molecular weight excluding hydrogens is 244 g/mol. The summed E-state index contributed by atoms with van der Waals surface area (Å²) in [6, 6.07) is 3.60. The molecule has 1 atom stereocenters. The SMILES string of the molecule is C[C@H](NC(=O)c1cn(CCN)nn1)c1ccncc1. The largest absolute Gasteiger partial charge is 0.344 e. The van der Waals surface area contributed by atoms with Crippen LogP contribution in [0.25, 0.3) is 0 Å². The molecule has 19 heavy (non-hydrogen) atoms. The van der Waals surface area contributed by atoms with Crippen molar-refractivity contribution in [3.63, 3.8) is 0 Å². The molecule has 7 nitrogen and oxygen atoms in total. The van der Waals surface area contributed by atoms with E-state index < -0.39 is 0 Å². The summed E-state index contributed by atoms with van der Waals surface area (Å²) in [5, 5.41) is 10.5. The Kier molecular flexibility index (Phi) is 4.19. The molecule has 0 fully saturated rings. The zero-order valence-corrected chi connectivity index (χ0v) is 10.7. The molecule has 0 unspecified atom stereocenters. The predicted octanol–water partition coefficient (Wildman–Crippen LogP) is 0.123. The Labute approximate surface area is 110 Å². The van der Waals surface area contributed by atoms with E-state index in [-0.39, 0.29) is 17.6 Å². The van der Waals surface area contributed by atoms with E-state index in [1.54, 1.807) is 23.3 Å². The van der Waals surface area contributed by atoms with Crippen LogP contribution in [0.1, 0.15) is 29.0 Å². The maximum atomic E-state index is 12.0. The molecule has 0 saturated carbocycles. The third-order valence-corrected chi connectivity index (χ3v) is 2.68. The van der Waals surface area contributed by atoms with Gasteiger partial charge in [0.2, 0.25) is 0 Å². The summed E-state index contributed by atoms with van der Waals surface area (Å²) in [5.41, 5.74) is 6.68. The summed E-state index contributed by atoms with van der Waals surface area (Å²) in [4.78, 5) is 15.9. The van der Waals surface area contributed by atoms with Crippen LogP contribution in [0, 0.1) is 0 Å². The van der Waals surface area contributed by atoms with E-state index in [0.29, 0.717) is 13.1 Å². The maximum Gasteiger partial charge on any atom is 0.273 e. The maximum absolute atomic E-state index is 12.0. The van der Waals surface area contributed by atoms with Gasteiger partial charge in [0.25, 0.3) is 5.91 Å². The van der Waals surface area contributed by atoms with Gasteiger partial charge in [-0.3, -0.25) is 14.5 Å². The third kappa shape index (κ3) is 3.35. The Morgan fingerprint density at radius 1 is 1.47 bits per heavy atom. The van der Waals surface area contributed by atoms with Crippen LogP contribution in [-0.2, 0) is 6.54 Å². The van der Waals surface area contributed by atoms with E-state index in [2.05, 4.69) is 20.6 Å². The Morgan fingerprint density at radius 3 is 2.89 bits per heavy atom. The number of amides is 1. The summed E-state index contributed by atoms with van der Waals surface area (Å²) >= 11 is 0. The number of carbonyl (C=O) groups excluding carboxylic acids is 1. The molecule has 0 radical (unpaired) electrons. The van der Waals surface area contributed by atoms with Gasteiger partial charge in [0.05, 0.1) is 18.8 Å². The van der Waals surface area contributed by atoms with Crippen molar-refractivity contribution in [3.8, 4) is 0 Å². The lowest BCUT2D eigenvalue weighted by molar-refractivity contribution is 0.0934. The number of rotatable bonds is 5. The number of hydrogen-bond donors (Lipinski definition) is 2. The van der Waals surface area contributed by atoms with Gasteiger partial charge < -0.3 is 11.1 Å². The average molecular weight is 260 g/mol. The summed E-state index contributed by atoms with van der Waals surface area (Å²) in [6.07, 6.45) is 4.96. The third-order valence-electron chi connectivity index (χ3n) is 2.68. The van der Waals surface area contributed by atoms with Crippen molar-refractivity contribution in [2.45, 2.75) is 19.5 Å². The first kappa shape index (κ1) is 13.2. The summed E-state index contributed by atoms with van der Waals surface area (Å²) in [7, 11) is 0. The van der Waals surface area contributed by atoms with Crippen LogP contribution < -0.4 is 11.1 Å². The van der Waals surface area contributed by atoms with Crippen LogP contribution in [0.15, 0.2) is 30.7 Å². The van der Waals surface area contributed by atoms with E-state index in [4.69, 9.17) is 5.73 Å². The molecule has 0 bridgehead atoms. The van der Waals surface area contributed by atoms with E-state index >= 15 is 0 Å². The minimum atomic E-state index is -0.257. The molecule has 0 saturated heterocycles. The molecule has 0 aliphatic carbocycles. The fourth-order valence-electron chi connectivity index (χ4n) is 1.65. The smallest absolute Gasteiger partial charge is 0.273 e. The molecule has 0 spiro atoms. The van der Waals surface area contributed by atoms with Crippen LogP contribution in [0.4, 0.5) is 0 Å². The number of carbonyl (C=O) groups is 1. The van der Waals surface area contributed by atoms with Crippen LogP contribution in [-0.4, -0.2) is 32.4 Å². The van der Waals surface area contributed by atoms with Crippen LogP contribution >= 0.6 is 0 Å². The van der Waals surface area contributed by atoms with Gasteiger partial charge in [-0.05, 0) is 24.6 Å². The van der Waals surface area contributed by atoms with Crippen molar-refractivity contribution in [1.82, 2.24) is 25.3 Å².